The molecule has 0 aliphatic carbocycles. The van der Waals surface area contributed by atoms with Crippen LogP contribution in [-0.4, -0.2) is 27.2 Å². The van der Waals surface area contributed by atoms with Gasteiger partial charge in [-0.3, -0.25) is 4.79 Å². The molecule has 2 aromatic rings. The fraction of sp³-hybridized carbons (Fsp3) is 0.235. The van der Waals surface area contributed by atoms with Crippen molar-refractivity contribution in [3.05, 3.63) is 53.1 Å². The smallest absolute Gasteiger partial charge is 0.258 e. The number of anilines is 1. The van der Waals surface area contributed by atoms with E-state index in [1.807, 2.05) is 30.3 Å². The van der Waals surface area contributed by atoms with Gasteiger partial charge in [0.05, 0.1) is 24.9 Å². The maximum absolute atomic E-state index is 12.5. The third-order valence-corrected chi connectivity index (χ3v) is 3.60. The van der Waals surface area contributed by atoms with Crippen molar-refractivity contribution in [2.45, 2.75) is 6.10 Å². The first kappa shape index (κ1) is 17.1. The molecule has 6 heteroatoms. The number of rotatable bonds is 6. The van der Waals surface area contributed by atoms with E-state index in [-0.39, 0.29) is 5.91 Å². The molecule has 0 bridgehead atoms. The van der Waals surface area contributed by atoms with Crippen molar-refractivity contribution in [3.8, 4) is 11.5 Å². The van der Waals surface area contributed by atoms with Crippen molar-refractivity contribution in [2.75, 3.05) is 26.6 Å². The lowest BCUT2D eigenvalue weighted by molar-refractivity contribution is -0.126. The van der Waals surface area contributed by atoms with Gasteiger partial charge in [0.25, 0.3) is 5.91 Å². The van der Waals surface area contributed by atoms with Crippen LogP contribution in [0, 0.1) is 0 Å². The Balaban J connectivity index is 2.28. The van der Waals surface area contributed by atoms with Crippen molar-refractivity contribution in [3.63, 3.8) is 0 Å². The number of benzene rings is 2. The Hall–Kier alpha value is -2.24. The molecule has 1 N–H and O–H groups in total. The van der Waals surface area contributed by atoms with E-state index in [0.717, 1.165) is 5.56 Å². The SMILES string of the molecule is COc1cc(NC(=O)C(OC)c2ccccc2)c(OC)cc1Cl. The molecule has 23 heavy (non-hydrogen) atoms. The quantitative estimate of drug-likeness (QED) is 0.874. The van der Waals surface area contributed by atoms with E-state index in [1.165, 1.54) is 21.3 Å². The molecule has 2 rings (SSSR count). The Morgan fingerprint density at radius 3 is 2.26 bits per heavy atom. The van der Waals surface area contributed by atoms with Crippen LogP contribution in [0.3, 0.4) is 0 Å². The summed E-state index contributed by atoms with van der Waals surface area (Å²) < 4.78 is 15.7. The van der Waals surface area contributed by atoms with Gasteiger partial charge in [-0.15, -0.1) is 0 Å². The minimum Gasteiger partial charge on any atom is -0.495 e. The average Bonchev–Trinajstić information content (AvgIpc) is 2.57. The molecule has 2 aromatic carbocycles. The Morgan fingerprint density at radius 1 is 1.04 bits per heavy atom. The second kappa shape index (κ2) is 7.85. The maximum atomic E-state index is 12.5. The summed E-state index contributed by atoms with van der Waals surface area (Å²) in [6.07, 6.45) is -0.734. The summed E-state index contributed by atoms with van der Waals surface area (Å²) in [5.74, 6) is 0.560. The lowest BCUT2D eigenvalue weighted by Crippen LogP contribution is -2.22. The van der Waals surface area contributed by atoms with Crippen LogP contribution in [0.25, 0.3) is 0 Å². The highest BCUT2D eigenvalue weighted by molar-refractivity contribution is 6.32. The Labute approximate surface area is 140 Å². The number of hydrogen-bond donors (Lipinski definition) is 1. The Morgan fingerprint density at radius 2 is 1.70 bits per heavy atom. The van der Waals surface area contributed by atoms with Crippen molar-refractivity contribution < 1.29 is 19.0 Å². The van der Waals surface area contributed by atoms with Gasteiger partial charge < -0.3 is 19.5 Å². The van der Waals surface area contributed by atoms with Crippen LogP contribution in [0.15, 0.2) is 42.5 Å². The minimum atomic E-state index is -0.734. The van der Waals surface area contributed by atoms with Gasteiger partial charge in [-0.1, -0.05) is 41.9 Å². The Kier molecular flexibility index (Phi) is 5.84. The number of carbonyl (C=O) groups excluding carboxylic acids is 1. The first-order valence-corrected chi connectivity index (χ1v) is 7.28. The fourth-order valence-electron chi connectivity index (χ4n) is 2.18. The number of nitrogens with one attached hydrogen (secondary N) is 1. The summed E-state index contributed by atoms with van der Waals surface area (Å²) >= 11 is 6.06. The molecule has 0 fully saturated rings. The van der Waals surface area contributed by atoms with Gasteiger partial charge in [0, 0.05) is 19.2 Å². The molecule has 0 saturated heterocycles. The van der Waals surface area contributed by atoms with Crippen molar-refractivity contribution in [1.82, 2.24) is 0 Å². The molecule has 0 aliphatic rings. The second-order valence-electron chi connectivity index (χ2n) is 4.70. The van der Waals surface area contributed by atoms with Gasteiger partial charge in [0.1, 0.15) is 11.5 Å². The number of carbonyl (C=O) groups is 1. The third-order valence-electron chi connectivity index (χ3n) is 3.31. The summed E-state index contributed by atoms with van der Waals surface area (Å²) in [5, 5.41) is 3.18. The monoisotopic (exact) mass is 335 g/mol. The van der Waals surface area contributed by atoms with E-state index in [4.69, 9.17) is 25.8 Å². The zero-order valence-corrected chi connectivity index (χ0v) is 13.9. The number of hydrogen-bond acceptors (Lipinski definition) is 4. The van der Waals surface area contributed by atoms with Crippen LogP contribution in [0.2, 0.25) is 5.02 Å². The van der Waals surface area contributed by atoms with Gasteiger partial charge in [0.2, 0.25) is 0 Å². The Bertz CT molecular complexity index is 676. The van der Waals surface area contributed by atoms with Crippen LogP contribution in [0.1, 0.15) is 11.7 Å². The normalized spacial score (nSPS) is 11.7. The van der Waals surface area contributed by atoms with Gasteiger partial charge in [-0.05, 0) is 5.56 Å². The number of methoxy groups -OCH3 is 3. The summed E-state index contributed by atoms with van der Waals surface area (Å²) in [7, 11) is 4.48. The molecule has 0 radical (unpaired) electrons. The molecule has 1 amide bonds. The molecule has 0 aromatic heterocycles. The zero-order chi connectivity index (χ0) is 16.8. The van der Waals surface area contributed by atoms with E-state index in [0.29, 0.717) is 22.2 Å². The summed E-state index contributed by atoms with van der Waals surface area (Å²) in [5.41, 5.74) is 1.21. The highest BCUT2D eigenvalue weighted by Crippen LogP contribution is 2.36. The molecule has 0 spiro atoms. The molecular weight excluding hydrogens is 318 g/mol. The topological polar surface area (TPSA) is 56.8 Å². The molecule has 0 aliphatic heterocycles. The number of halogens is 1. The van der Waals surface area contributed by atoms with Crippen molar-refractivity contribution in [2.24, 2.45) is 0 Å². The molecule has 1 atom stereocenters. The molecular formula is C17H18ClNO4. The lowest BCUT2D eigenvalue weighted by Gasteiger charge is -2.18. The standard InChI is InChI=1S/C17H18ClNO4/c1-21-14-10-13(15(22-2)9-12(14)18)19-17(20)16(23-3)11-7-5-4-6-8-11/h4-10,16H,1-3H3,(H,19,20). The van der Waals surface area contributed by atoms with Crippen LogP contribution in [0.4, 0.5) is 5.69 Å². The molecule has 122 valence electrons. The van der Waals surface area contributed by atoms with Gasteiger partial charge in [-0.2, -0.15) is 0 Å². The average molecular weight is 336 g/mol. The predicted octanol–water partition coefficient (Wildman–Crippen LogP) is 3.68. The maximum Gasteiger partial charge on any atom is 0.258 e. The highest BCUT2D eigenvalue weighted by Gasteiger charge is 2.22. The largest absolute Gasteiger partial charge is 0.495 e. The van der Waals surface area contributed by atoms with Crippen LogP contribution < -0.4 is 14.8 Å². The van der Waals surface area contributed by atoms with E-state index in [1.54, 1.807) is 12.1 Å². The predicted molar refractivity (Wildman–Crippen MR) is 89.4 cm³/mol. The second-order valence-corrected chi connectivity index (χ2v) is 5.11. The first-order chi connectivity index (χ1) is 11.1. The molecule has 0 heterocycles. The van der Waals surface area contributed by atoms with Gasteiger partial charge in [0.15, 0.2) is 6.10 Å². The zero-order valence-electron chi connectivity index (χ0n) is 13.1. The summed E-state index contributed by atoms with van der Waals surface area (Å²) in [6.45, 7) is 0. The van der Waals surface area contributed by atoms with Crippen LogP contribution in [0.5, 0.6) is 11.5 Å². The van der Waals surface area contributed by atoms with Gasteiger partial charge >= 0.3 is 0 Å². The van der Waals surface area contributed by atoms with Crippen LogP contribution in [-0.2, 0) is 9.53 Å². The molecule has 5 nitrogen and oxygen atoms in total. The highest BCUT2D eigenvalue weighted by atomic mass is 35.5. The van der Waals surface area contributed by atoms with Crippen molar-refractivity contribution in [1.29, 1.82) is 0 Å². The van der Waals surface area contributed by atoms with E-state index < -0.39 is 6.10 Å². The first-order valence-electron chi connectivity index (χ1n) is 6.90. The minimum absolute atomic E-state index is 0.318. The summed E-state index contributed by atoms with van der Waals surface area (Å²) in [6, 6.07) is 12.4. The number of amides is 1. The van der Waals surface area contributed by atoms with E-state index in [9.17, 15) is 4.79 Å². The lowest BCUT2D eigenvalue weighted by atomic mass is 10.1. The summed E-state index contributed by atoms with van der Waals surface area (Å²) in [4.78, 5) is 12.5. The molecule has 1 unspecified atom stereocenters. The third kappa shape index (κ3) is 3.94. The van der Waals surface area contributed by atoms with Crippen LogP contribution >= 0.6 is 11.6 Å². The molecule has 0 saturated carbocycles. The number of ether oxygens (including phenoxy) is 3. The van der Waals surface area contributed by atoms with E-state index in [2.05, 4.69) is 5.32 Å². The van der Waals surface area contributed by atoms with Crippen molar-refractivity contribution >= 4 is 23.2 Å². The van der Waals surface area contributed by atoms with E-state index >= 15 is 0 Å². The fourth-order valence-corrected chi connectivity index (χ4v) is 2.41. The van der Waals surface area contributed by atoms with Gasteiger partial charge in [-0.25, -0.2) is 0 Å².